The van der Waals surface area contributed by atoms with Crippen molar-refractivity contribution < 1.29 is 19.4 Å². The van der Waals surface area contributed by atoms with Crippen LogP contribution in [0.25, 0.3) is 22.2 Å². The van der Waals surface area contributed by atoms with Crippen LogP contribution in [0.15, 0.2) is 35.5 Å². The van der Waals surface area contributed by atoms with Crippen LogP contribution < -0.4 is 9.47 Å². The van der Waals surface area contributed by atoms with E-state index >= 15 is 0 Å². The Morgan fingerprint density at radius 3 is 2.54 bits per heavy atom. The van der Waals surface area contributed by atoms with Crippen molar-refractivity contribution in [3.63, 3.8) is 0 Å². The molecule has 130 valence electrons. The molecule has 1 heterocycles. The molecular weight excluding hydrogens is 332 g/mol. The van der Waals surface area contributed by atoms with Gasteiger partial charge in [-0.05, 0) is 30.3 Å². The van der Waals surface area contributed by atoms with Crippen LogP contribution in [0, 0.1) is 12.3 Å². The lowest BCUT2D eigenvalue weighted by Gasteiger charge is -2.10. The summed E-state index contributed by atoms with van der Waals surface area (Å²) in [5.41, 5.74) is 4.99. The van der Waals surface area contributed by atoms with E-state index in [4.69, 9.17) is 20.7 Å². The van der Waals surface area contributed by atoms with Crippen LogP contribution in [0.2, 0.25) is 0 Å². The highest BCUT2D eigenvalue weighted by Gasteiger charge is 2.32. The van der Waals surface area contributed by atoms with Gasteiger partial charge in [-0.15, -0.1) is 6.42 Å². The number of hydrogen-bond donors (Lipinski definition) is 2. The number of nitrogens with zero attached hydrogens (tertiary/aromatic N) is 1. The predicted octanol–water partition coefficient (Wildman–Crippen LogP) is 3.27. The van der Waals surface area contributed by atoms with E-state index in [9.17, 15) is 5.11 Å². The van der Waals surface area contributed by atoms with Crippen molar-refractivity contribution in [3.8, 4) is 40.8 Å². The van der Waals surface area contributed by atoms with Crippen LogP contribution in [0.1, 0.15) is 11.1 Å². The third kappa shape index (κ3) is 2.25. The highest BCUT2D eigenvalue weighted by atomic mass is 16.6. The first-order valence-corrected chi connectivity index (χ1v) is 7.93. The molecule has 26 heavy (non-hydrogen) atoms. The summed E-state index contributed by atoms with van der Waals surface area (Å²) in [4.78, 5) is 8.65. The molecule has 1 aromatic heterocycles. The summed E-state index contributed by atoms with van der Waals surface area (Å²) in [6.45, 7) is 0.0645. The first-order chi connectivity index (χ1) is 12.7. The molecule has 2 N–H and O–H groups in total. The zero-order valence-electron chi connectivity index (χ0n) is 14.3. The second-order valence-corrected chi connectivity index (χ2v) is 5.78. The molecule has 2 aromatic carbocycles. The first-order valence-electron chi connectivity index (χ1n) is 7.93. The highest BCUT2D eigenvalue weighted by molar-refractivity contribution is 6.30. The Morgan fingerprint density at radius 2 is 1.85 bits per heavy atom. The lowest BCUT2D eigenvalue weighted by molar-refractivity contribution is 0.180. The van der Waals surface area contributed by atoms with Crippen molar-refractivity contribution >= 4 is 16.6 Å². The SMILES string of the molecule is C#CCON=C1c2cc(OC)c(OC)cc2-c2[nH]c3ccc(O)cc3c21. The molecule has 0 radical (unpaired) electrons. The van der Waals surface area contributed by atoms with Gasteiger partial charge in [0.25, 0.3) is 0 Å². The number of aromatic amines is 1. The topological polar surface area (TPSA) is 76.1 Å². The molecule has 0 amide bonds. The van der Waals surface area contributed by atoms with Gasteiger partial charge in [-0.25, -0.2) is 0 Å². The Kier molecular flexibility index (Phi) is 3.70. The molecule has 0 unspecified atom stereocenters. The van der Waals surface area contributed by atoms with Gasteiger partial charge < -0.3 is 24.4 Å². The maximum absolute atomic E-state index is 9.91. The van der Waals surface area contributed by atoms with Crippen molar-refractivity contribution in [2.75, 3.05) is 20.8 Å². The number of nitrogens with one attached hydrogen (secondary N) is 1. The smallest absolute Gasteiger partial charge is 0.177 e. The molecule has 0 saturated heterocycles. The van der Waals surface area contributed by atoms with Gasteiger partial charge in [-0.3, -0.25) is 0 Å². The number of H-pyrrole nitrogens is 1. The fraction of sp³-hybridized carbons (Fsp3) is 0.150. The first kappa shape index (κ1) is 15.9. The third-order valence-corrected chi connectivity index (χ3v) is 4.37. The average molecular weight is 348 g/mol. The number of aromatic hydroxyl groups is 1. The van der Waals surface area contributed by atoms with Crippen LogP contribution in [-0.4, -0.2) is 36.6 Å². The van der Waals surface area contributed by atoms with Gasteiger partial charge in [0.05, 0.1) is 19.9 Å². The Bertz CT molecular complexity index is 1090. The minimum atomic E-state index is 0.0645. The molecule has 6 heteroatoms. The van der Waals surface area contributed by atoms with Crippen LogP contribution in [0.3, 0.4) is 0 Å². The number of terminal acetylenes is 1. The van der Waals surface area contributed by atoms with Crippen LogP contribution in [-0.2, 0) is 4.84 Å². The minimum absolute atomic E-state index is 0.0645. The summed E-state index contributed by atoms with van der Waals surface area (Å²) >= 11 is 0. The van der Waals surface area contributed by atoms with Gasteiger partial charge in [-0.2, -0.15) is 0 Å². The maximum atomic E-state index is 9.91. The van der Waals surface area contributed by atoms with E-state index in [-0.39, 0.29) is 12.4 Å². The summed E-state index contributed by atoms with van der Waals surface area (Å²) < 4.78 is 10.8. The Balaban J connectivity index is 2.02. The summed E-state index contributed by atoms with van der Waals surface area (Å²) in [7, 11) is 3.17. The molecule has 6 nitrogen and oxygen atoms in total. The average Bonchev–Trinajstić information content (AvgIpc) is 3.15. The number of oxime groups is 1. The van der Waals surface area contributed by atoms with Crippen LogP contribution >= 0.6 is 0 Å². The molecule has 3 aromatic rings. The Hall–Kier alpha value is -3.59. The summed E-state index contributed by atoms with van der Waals surface area (Å²) in [6, 6.07) is 8.90. The van der Waals surface area contributed by atoms with Crippen molar-refractivity contribution in [3.05, 3.63) is 41.5 Å². The normalized spacial score (nSPS) is 13.3. The van der Waals surface area contributed by atoms with Gasteiger partial charge in [0.2, 0.25) is 0 Å². The Morgan fingerprint density at radius 1 is 1.12 bits per heavy atom. The number of methoxy groups -OCH3 is 2. The van der Waals surface area contributed by atoms with E-state index in [2.05, 4.69) is 16.1 Å². The molecular formula is C20H16N2O4. The molecule has 0 spiro atoms. The molecule has 0 atom stereocenters. The van der Waals surface area contributed by atoms with E-state index in [1.165, 1.54) is 0 Å². The van der Waals surface area contributed by atoms with Crippen molar-refractivity contribution in [1.82, 2.24) is 4.98 Å². The maximum Gasteiger partial charge on any atom is 0.177 e. The van der Waals surface area contributed by atoms with Gasteiger partial charge in [-0.1, -0.05) is 11.1 Å². The molecule has 4 rings (SSSR count). The van der Waals surface area contributed by atoms with Crippen LogP contribution in [0.5, 0.6) is 17.2 Å². The van der Waals surface area contributed by atoms with Crippen molar-refractivity contribution in [2.45, 2.75) is 0 Å². The van der Waals surface area contributed by atoms with Crippen LogP contribution in [0.4, 0.5) is 0 Å². The highest BCUT2D eigenvalue weighted by Crippen LogP contribution is 2.45. The quantitative estimate of drug-likeness (QED) is 0.337. The van der Waals surface area contributed by atoms with Gasteiger partial charge in [0.1, 0.15) is 11.5 Å². The number of phenols is 1. The van der Waals surface area contributed by atoms with E-state index in [0.717, 1.165) is 33.3 Å². The second kappa shape index (κ2) is 6.05. The lowest BCUT2D eigenvalue weighted by Crippen LogP contribution is -2.01. The molecule has 0 aliphatic heterocycles. The van der Waals surface area contributed by atoms with E-state index < -0.39 is 0 Å². The van der Waals surface area contributed by atoms with Crippen molar-refractivity contribution in [1.29, 1.82) is 0 Å². The molecule has 1 aliphatic rings. The van der Waals surface area contributed by atoms with Gasteiger partial charge >= 0.3 is 0 Å². The van der Waals surface area contributed by atoms with E-state index in [1.807, 2.05) is 18.2 Å². The monoisotopic (exact) mass is 348 g/mol. The minimum Gasteiger partial charge on any atom is -0.508 e. The Labute approximate surface area is 150 Å². The van der Waals surface area contributed by atoms with Gasteiger partial charge in [0, 0.05) is 27.6 Å². The van der Waals surface area contributed by atoms with Gasteiger partial charge in [0.15, 0.2) is 18.1 Å². The number of ether oxygens (including phenoxy) is 2. The van der Waals surface area contributed by atoms with E-state index in [0.29, 0.717) is 17.2 Å². The standard InChI is InChI=1S/C20H16N2O4/c1-4-7-26-22-20-13-10-17(25-3)16(24-2)9-12(13)19-18(20)14-8-11(23)5-6-15(14)21-19/h1,5-6,8-10,21,23H,7H2,2-3H3. The molecule has 1 aliphatic carbocycles. The number of rotatable bonds is 4. The van der Waals surface area contributed by atoms with Crippen molar-refractivity contribution in [2.24, 2.45) is 5.16 Å². The molecule has 0 bridgehead atoms. The second-order valence-electron chi connectivity index (χ2n) is 5.78. The summed E-state index contributed by atoms with van der Waals surface area (Å²) in [5.74, 6) is 3.78. The zero-order chi connectivity index (χ0) is 18.3. The lowest BCUT2D eigenvalue weighted by atomic mass is 10.1. The number of aromatic nitrogens is 1. The third-order valence-electron chi connectivity index (χ3n) is 4.37. The largest absolute Gasteiger partial charge is 0.508 e. The number of phenolic OH excluding ortho intramolecular Hbond substituents is 1. The zero-order valence-corrected chi connectivity index (χ0v) is 14.3. The summed E-state index contributed by atoms with van der Waals surface area (Å²) in [5, 5.41) is 15.0. The predicted molar refractivity (Wildman–Crippen MR) is 98.9 cm³/mol. The number of hydrogen-bond acceptors (Lipinski definition) is 5. The molecule has 0 saturated carbocycles. The molecule has 0 fully saturated rings. The number of fused-ring (bicyclic) bond motifs is 5. The number of benzene rings is 2. The fourth-order valence-corrected chi connectivity index (χ4v) is 3.27. The van der Waals surface area contributed by atoms with E-state index in [1.54, 1.807) is 26.4 Å². The summed E-state index contributed by atoms with van der Waals surface area (Å²) in [6.07, 6.45) is 5.26. The fourth-order valence-electron chi connectivity index (χ4n) is 3.27.